The quantitative estimate of drug-likeness (QED) is 0.591. The first-order valence-corrected chi connectivity index (χ1v) is 4.22. The zero-order valence-electron chi connectivity index (χ0n) is 7.32. The number of esters is 1. The lowest BCUT2D eigenvalue weighted by Crippen LogP contribution is -2.38. The summed E-state index contributed by atoms with van der Waals surface area (Å²) in [6, 6.07) is -0.123. The maximum Gasteiger partial charge on any atom is 0.323 e. The molecule has 0 bridgehead atoms. The standard InChI is InChI=1S/C8H15NO3/c1-12-8(11)7-3-2-4-9(7)5-6-10/h7,10H,2-6H2,1H3/t7-/m0/s1. The van der Waals surface area contributed by atoms with Crippen LogP contribution in [0.5, 0.6) is 0 Å². The second kappa shape index (κ2) is 4.42. The van der Waals surface area contributed by atoms with Crippen LogP contribution < -0.4 is 0 Å². The molecule has 0 aromatic carbocycles. The number of hydrogen-bond acceptors (Lipinski definition) is 4. The minimum Gasteiger partial charge on any atom is -0.468 e. The fraction of sp³-hybridized carbons (Fsp3) is 0.875. The van der Waals surface area contributed by atoms with Gasteiger partial charge in [-0.2, -0.15) is 0 Å². The zero-order chi connectivity index (χ0) is 8.97. The third kappa shape index (κ3) is 1.95. The topological polar surface area (TPSA) is 49.8 Å². The molecule has 4 nitrogen and oxygen atoms in total. The zero-order valence-corrected chi connectivity index (χ0v) is 7.32. The molecular weight excluding hydrogens is 158 g/mol. The first-order chi connectivity index (χ1) is 5.79. The number of methoxy groups -OCH3 is 1. The molecule has 0 saturated carbocycles. The third-order valence-electron chi connectivity index (χ3n) is 2.22. The van der Waals surface area contributed by atoms with Crippen LogP contribution in [-0.4, -0.2) is 48.8 Å². The van der Waals surface area contributed by atoms with Gasteiger partial charge in [0.25, 0.3) is 0 Å². The highest BCUT2D eigenvalue weighted by atomic mass is 16.5. The van der Waals surface area contributed by atoms with Crippen LogP contribution in [0.25, 0.3) is 0 Å². The van der Waals surface area contributed by atoms with E-state index in [2.05, 4.69) is 4.74 Å². The molecule has 12 heavy (non-hydrogen) atoms. The molecule has 1 aliphatic heterocycles. The Kier molecular flexibility index (Phi) is 3.49. The minimum absolute atomic E-state index is 0.105. The van der Waals surface area contributed by atoms with Crippen molar-refractivity contribution in [3.63, 3.8) is 0 Å². The van der Waals surface area contributed by atoms with Crippen molar-refractivity contribution in [3.8, 4) is 0 Å². The van der Waals surface area contributed by atoms with E-state index in [1.807, 2.05) is 4.90 Å². The van der Waals surface area contributed by atoms with Gasteiger partial charge in [0.1, 0.15) is 6.04 Å². The van der Waals surface area contributed by atoms with Gasteiger partial charge >= 0.3 is 5.97 Å². The second-order valence-electron chi connectivity index (χ2n) is 2.94. The molecule has 0 radical (unpaired) electrons. The highest BCUT2D eigenvalue weighted by molar-refractivity contribution is 5.75. The third-order valence-corrected chi connectivity index (χ3v) is 2.22. The number of aliphatic hydroxyl groups is 1. The van der Waals surface area contributed by atoms with E-state index in [9.17, 15) is 4.79 Å². The van der Waals surface area contributed by atoms with Crippen molar-refractivity contribution >= 4 is 5.97 Å². The van der Waals surface area contributed by atoms with Crippen molar-refractivity contribution in [2.45, 2.75) is 18.9 Å². The molecule has 70 valence electrons. The number of rotatable bonds is 3. The number of carbonyl (C=O) groups excluding carboxylic acids is 1. The van der Waals surface area contributed by atoms with Crippen molar-refractivity contribution in [2.24, 2.45) is 0 Å². The maximum atomic E-state index is 11.2. The van der Waals surface area contributed by atoms with Crippen LogP contribution in [-0.2, 0) is 9.53 Å². The van der Waals surface area contributed by atoms with Crippen molar-refractivity contribution in [3.05, 3.63) is 0 Å². The van der Waals surface area contributed by atoms with Crippen molar-refractivity contribution in [2.75, 3.05) is 26.8 Å². The summed E-state index contributed by atoms with van der Waals surface area (Å²) >= 11 is 0. The Balaban J connectivity index is 2.45. The first-order valence-electron chi connectivity index (χ1n) is 4.22. The van der Waals surface area contributed by atoms with Crippen LogP contribution in [0, 0.1) is 0 Å². The number of aliphatic hydroxyl groups excluding tert-OH is 1. The number of ether oxygens (including phenoxy) is 1. The first kappa shape index (κ1) is 9.48. The molecule has 1 rings (SSSR count). The lowest BCUT2D eigenvalue weighted by molar-refractivity contribution is -0.145. The van der Waals surface area contributed by atoms with Gasteiger partial charge in [-0.1, -0.05) is 0 Å². The lowest BCUT2D eigenvalue weighted by Gasteiger charge is -2.20. The number of hydrogen-bond donors (Lipinski definition) is 1. The molecule has 4 heteroatoms. The average molecular weight is 173 g/mol. The molecule has 1 fully saturated rings. The predicted octanol–water partition coefficient (Wildman–Crippen LogP) is -0.384. The molecule has 0 amide bonds. The van der Waals surface area contributed by atoms with Gasteiger partial charge < -0.3 is 9.84 Å². The maximum absolute atomic E-state index is 11.2. The van der Waals surface area contributed by atoms with E-state index in [0.717, 1.165) is 19.4 Å². The SMILES string of the molecule is COC(=O)[C@@H]1CCCN1CCO. The highest BCUT2D eigenvalue weighted by Gasteiger charge is 2.30. The van der Waals surface area contributed by atoms with E-state index < -0.39 is 0 Å². The number of nitrogens with zero attached hydrogens (tertiary/aromatic N) is 1. The van der Waals surface area contributed by atoms with Crippen molar-refractivity contribution in [1.82, 2.24) is 4.90 Å². The molecule has 1 saturated heterocycles. The Morgan fingerprint density at radius 3 is 3.08 bits per heavy atom. The van der Waals surface area contributed by atoms with Crippen LogP contribution in [0.1, 0.15) is 12.8 Å². The van der Waals surface area contributed by atoms with E-state index >= 15 is 0 Å². The molecule has 0 aromatic rings. The van der Waals surface area contributed by atoms with Gasteiger partial charge in [0.05, 0.1) is 13.7 Å². The molecule has 1 aliphatic rings. The molecule has 0 unspecified atom stereocenters. The molecule has 0 spiro atoms. The smallest absolute Gasteiger partial charge is 0.323 e. The summed E-state index contributed by atoms with van der Waals surface area (Å²) in [5, 5.41) is 8.71. The Morgan fingerprint density at radius 1 is 1.75 bits per heavy atom. The van der Waals surface area contributed by atoms with Gasteiger partial charge in [0, 0.05) is 6.54 Å². The van der Waals surface area contributed by atoms with Gasteiger partial charge in [-0.3, -0.25) is 9.69 Å². The van der Waals surface area contributed by atoms with E-state index in [1.54, 1.807) is 0 Å². The average Bonchev–Trinajstić information content (AvgIpc) is 2.52. The summed E-state index contributed by atoms with van der Waals surface area (Å²) in [4.78, 5) is 13.1. The van der Waals surface area contributed by atoms with E-state index in [-0.39, 0.29) is 18.6 Å². The van der Waals surface area contributed by atoms with Crippen LogP contribution in [0.2, 0.25) is 0 Å². The number of β-amino-alcohol motifs (C(OH)–C–C–N with tert-alkyl or cyclic N) is 1. The highest BCUT2D eigenvalue weighted by Crippen LogP contribution is 2.17. The minimum atomic E-state index is -0.180. The monoisotopic (exact) mass is 173 g/mol. The van der Waals surface area contributed by atoms with E-state index in [0.29, 0.717) is 6.54 Å². The Morgan fingerprint density at radius 2 is 2.50 bits per heavy atom. The number of carbonyl (C=O) groups is 1. The number of likely N-dealkylation sites (tertiary alicyclic amines) is 1. The van der Waals surface area contributed by atoms with Gasteiger partial charge in [-0.05, 0) is 19.4 Å². The van der Waals surface area contributed by atoms with Gasteiger partial charge in [-0.15, -0.1) is 0 Å². The Bertz CT molecular complexity index is 160. The molecule has 0 aliphatic carbocycles. The predicted molar refractivity (Wildman–Crippen MR) is 43.7 cm³/mol. The van der Waals surface area contributed by atoms with Gasteiger partial charge in [0.2, 0.25) is 0 Å². The van der Waals surface area contributed by atoms with Crippen LogP contribution in [0.4, 0.5) is 0 Å². The van der Waals surface area contributed by atoms with E-state index in [1.165, 1.54) is 7.11 Å². The molecule has 1 atom stereocenters. The molecule has 0 aromatic heterocycles. The largest absolute Gasteiger partial charge is 0.468 e. The van der Waals surface area contributed by atoms with Crippen LogP contribution >= 0.6 is 0 Å². The van der Waals surface area contributed by atoms with Crippen molar-refractivity contribution in [1.29, 1.82) is 0 Å². The summed E-state index contributed by atoms with van der Waals surface area (Å²) in [6.45, 7) is 1.56. The van der Waals surface area contributed by atoms with Gasteiger partial charge in [-0.25, -0.2) is 0 Å². The molecular formula is C8H15NO3. The van der Waals surface area contributed by atoms with E-state index in [4.69, 9.17) is 5.11 Å². The van der Waals surface area contributed by atoms with Crippen molar-refractivity contribution < 1.29 is 14.6 Å². The van der Waals surface area contributed by atoms with Crippen LogP contribution in [0.15, 0.2) is 0 Å². The lowest BCUT2D eigenvalue weighted by atomic mass is 10.2. The fourth-order valence-corrected chi connectivity index (χ4v) is 1.63. The Hall–Kier alpha value is -0.610. The fourth-order valence-electron chi connectivity index (χ4n) is 1.63. The summed E-state index contributed by atoms with van der Waals surface area (Å²) < 4.78 is 4.65. The summed E-state index contributed by atoms with van der Waals surface area (Å²) in [7, 11) is 1.40. The van der Waals surface area contributed by atoms with Gasteiger partial charge in [0.15, 0.2) is 0 Å². The van der Waals surface area contributed by atoms with Crippen LogP contribution in [0.3, 0.4) is 0 Å². The summed E-state index contributed by atoms with van der Waals surface area (Å²) in [5.74, 6) is -0.180. The summed E-state index contributed by atoms with van der Waals surface area (Å²) in [6.07, 6.45) is 1.87. The Labute approximate surface area is 72.1 Å². The molecule has 1 N–H and O–H groups in total. The second-order valence-corrected chi connectivity index (χ2v) is 2.94. The molecule has 1 heterocycles. The summed E-state index contributed by atoms with van der Waals surface area (Å²) in [5.41, 5.74) is 0. The normalized spacial score (nSPS) is 24.3.